The van der Waals surface area contributed by atoms with Gasteiger partial charge in [-0.15, -0.1) is 11.3 Å². The molecule has 5 atom stereocenters. The Morgan fingerprint density at radius 3 is 2.04 bits per heavy atom. The summed E-state index contributed by atoms with van der Waals surface area (Å²) >= 11 is 1.87. The van der Waals surface area contributed by atoms with Crippen LogP contribution in [0.1, 0.15) is 35.2 Å². The van der Waals surface area contributed by atoms with E-state index in [1.54, 1.807) is 0 Å². The molecule has 0 saturated carbocycles. The summed E-state index contributed by atoms with van der Waals surface area (Å²) in [5.74, 6) is 0. The van der Waals surface area contributed by atoms with Crippen LogP contribution >= 0.6 is 11.3 Å². The maximum Gasteiger partial charge on any atom is 0.234 e. The summed E-state index contributed by atoms with van der Waals surface area (Å²) in [5, 5.41) is 15.3. The van der Waals surface area contributed by atoms with Crippen LogP contribution in [0.15, 0.2) is 160 Å². The van der Waals surface area contributed by atoms with E-state index in [1.165, 1.54) is 58.2 Å². The van der Waals surface area contributed by atoms with E-state index in [-0.39, 0.29) is 18.5 Å². The van der Waals surface area contributed by atoms with E-state index in [4.69, 9.17) is 8.83 Å². The summed E-state index contributed by atoms with van der Waals surface area (Å²) in [6.07, 6.45) is 0.424. The first kappa shape index (κ1) is 28.0. The Labute approximate surface area is 296 Å². The monoisotopic (exact) mass is 676 g/mol. The van der Waals surface area contributed by atoms with Crippen molar-refractivity contribution in [3.05, 3.63) is 168 Å². The quantitative estimate of drug-likeness (QED) is 0.182. The number of nitrogens with zero attached hydrogens (tertiary/aromatic N) is 1. The SMILES string of the molecule is c1ccc(C2NC(c3ccc4sc5c(-c6cccc7c6oc6ccccc67)cccc5c4c3)N3C(c4ccc5oc6ccccc6c5c4)[NH+]23)cc1. The highest BCUT2D eigenvalue weighted by Gasteiger charge is 2.66. The van der Waals surface area contributed by atoms with Crippen molar-refractivity contribution in [2.45, 2.75) is 18.5 Å². The lowest BCUT2D eigenvalue weighted by Gasteiger charge is -2.16. The lowest BCUT2D eigenvalue weighted by atomic mass is 9.99. The first-order valence-corrected chi connectivity index (χ1v) is 18.3. The largest absolute Gasteiger partial charge is 0.456 e. The maximum absolute atomic E-state index is 6.48. The molecule has 0 radical (unpaired) electrons. The number of fused-ring (bicyclic) bond motifs is 10. The van der Waals surface area contributed by atoms with Gasteiger partial charge in [0.2, 0.25) is 6.17 Å². The molecular weight excluding hydrogens is 647 g/mol. The third kappa shape index (κ3) is 4.01. The van der Waals surface area contributed by atoms with Gasteiger partial charge in [-0.25, -0.2) is 10.3 Å². The average molecular weight is 677 g/mol. The number of nitrogens with one attached hydrogen (secondary N) is 2. The number of para-hydroxylation sites is 3. The van der Waals surface area contributed by atoms with Gasteiger partial charge in [-0.05, 0) is 48.0 Å². The predicted molar refractivity (Wildman–Crippen MR) is 206 cm³/mol. The normalized spacial score (nSPS) is 21.5. The zero-order valence-electron chi connectivity index (χ0n) is 27.3. The Morgan fingerprint density at radius 1 is 0.510 bits per heavy atom. The van der Waals surface area contributed by atoms with Gasteiger partial charge < -0.3 is 8.83 Å². The van der Waals surface area contributed by atoms with Crippen LogP contribution in [0.3, 0.4) is 0 Å². The van der Waals surface area contributed by atoms with Crippen LogP contribution in [0.4, 0.5) is 0 Å². The highest BCUT2D eigenvalue weighted by atomic mass is 32.1. The Morgan fingerprint density at radius 2 is 1.18 bits per heavy atom. The summed E-state index contributed by atoms with van der Waals surface area (Å²) < 4.78 is 15.2. The molecule has 242 valence electrons. The van der Waals surface area contributed by atoms with Crippen LogP contribution in [-0.4, -0.2) is 5.01 Å². The van der Waals surface area contributed by atoms with E-state index in [1.807, 2.05) is 23.5 Å². The molecule has 2 saturated heterocycles. The molecule has 5 heterocycles. The molecule has 2 fully saturated rings. The van der Waals surface area contributed by atoms with Crippen LogP contribution in [0.25, 0.3) is 75.2 Å². The molecule has 0 amide bonds. The van der Waals surface area contributed by atoms with Crippen molar-refractivity contribution in [3.63, 3.8) is 0 Å². The third-order valence-electron chi connectivity index (χ3n) is 11.1. The smallest absolute Gasteiger partial charge is 0.234 e. The zero-order chi connectivity index (χ0) is 33.2. The molecule has 0 aliphatic carbocycles. The molecular formula is C45H30N3O2S+. The van der Waals surface area contributed by atoms with E-state index in [9.17, 15) is 0 Å². The number of hydrogen-bond donors (Lipinski definition) is 2. The van der Waals surface area contributed by atoms with Crippen LogP contribution in [0.2, 0.25) is 0 Å². The fourth-order valence-corrected chi connectivity index (χ4v) is 9.94. The molecule has 2 N–H and O–H groups in total. The van der Waals surface area contributed by atoms with E-state index in [0.29, 0.717) is 0 Å². The van der Waals surface area contributed by atoms with Crippen molar-refractivity contribution >= 4 is 75.4 Å². The molecule has 2 aliphatic heterocycles. The van der Waals surface area contributed by atoms with Crippen LogP contribution in [-0.2, 0) is 0 Å². The molecule has 3 aromatic heterocycles. The Balaban J connectivity index is 0.975. The van der Waals surface area contributed by atoms with Crippen molar-refractivity contribution in [2.24, 2.45) is 0 Å². The fourth-order valence-electron chi connectivity index (χ4n) is 8.73. The van der Waals surface area contributed by atoms with Crippen LogP contribution < -0.4 is 10.3 Å². The van der Waals surface area contributed by atoms with Gasteiger partial charge in [0.25, 0.3) is 0 Å². The minimum Gasteiger partial charge on any atom is -0.456 e. The summed E-state index contributed by atoms with van der Waals surface area (Å²) in [4.78, 5) is 0. The molecule has 0 bridgehead atoms. The molecule has 5 nitrogen and oxygen atoms in total. The minimum atomic E-state index is 0.0545. The second-order valence-corrected chi connectivity index (χ2v) is 14.9. The summed E-state index contributed by atoms with van der Waals surface area (Å²) in [6, 6.07) is 54.6. The van der Waals surface area contributed by atoms with Crippen molar-refractivity contribution in [2.75, 3.05) is 0 Å². The van der Waals surface area contributed by atoms with Gasteiger partial charge in [-0.1, -0.05) is 114 Å². The Hall–Kier alpha value is -5.76. The lowest BCUT2D eigenvalue weighted by Crippen LogP contribution is -2.95. The van der Waals surface area contributed by atoms with E-state index in [0.717, 1.165) is 38.7 Å². The third-order valence-corrected chi connectivity index (χ3v) is 12.3. The number of rotatable bonds is 4. The molecule has 12 rings (SSSR count). The van der Waals surface area contributed by atoms with Gasteiger partial charge in [0.1, 0.15) is 28.5 Å². The number of hydrogen-bond acceptors (Lipinski definition) is 5. The van der Waals surface area contributed by atoms with E-state index < -0.39 is 0 Å². The standard InChI is InChI=1S/C45H29N3O2S/c1-2-10-26(11-3-1)43-46-44(48-45(47(43)48)28-20-22-39-35(25-28)30-13-5-6-18-37(30)49-39)27-21-23-40-36(24-27)34-17-9-16-33(42(34)51-40)32-15-8-14-31-29-12-4-7-19-38(29)50-41(31)32/h1-25,43-46H/p+1. The van der Waals surface area contributed by atoms with Crippen LogP contribution in [0, 0.1) is 0 Å². The number of benzene rings is 7. The first-order chi connectivity index (χ1) is 25.3. The summed E-state index contributed by atoms with van der Waals surface area (Å²) in [5.41, 5.74) is 9.98. The second-order valence-electron chi connectivity index (χ2n) is 13.8. The average Bonchev–Trinajstić information content (AvgIpc) is 3.54. The van der Waals surface area contributed by atoms with E-state index >= 15 is 0 Å². The Kier molecular flexibility index (Phi) is 5.70. The van der Waals surface area contributed by atoms with Gasteiger partial charge in [-0.3, -0.25) is 0 Å². The highest BCUT2D eigenvalue weighted by molar-refractivity contribution is 7.26. The first-order valence-electron chi connectivity index (χ1n) is 17.5. The highest BCUT2D eigenvalue weighted by Crippen LogP contribution is 2.46. The van der Waals surface area contributed by atoms with E-state index in [2.05, 4.69) is 150 Å². The van der Waals surface area contributed by atoms with Crippen LogP contribution in [0.5, 0.6) is 0 Å². The summed E-state index contributed by atoms with van der Waals surface area (Å²) in [7, 11) is 0. The predicted octanol–water partition coefficient (Wildman–Crippen LogP) is 10.6. The molecule has 0 spiro atoms. The van der Waals surface area contributed by atoms with Gasteiger partial charge in [0.05, 0.1) is 0 Å². The fraction of sp³-hybridized carbons (Fsp3) is 0.0667. The van der Waals surface area contributed by atoms with Crippen molar-refractivity contribution in [1.29, 1.82) is 0 Å². The van der Waals surface area contributed by atoms with Gasteiger partial charge >= 0.3 is 0 Å². The Bertz CT molecular complexity index is 3010. The summed E-state index contributed by atoms with van der Waals surface area (Å²) in [6.45, 7) is 0. The topological polar surface area (TPSA) is 45.8 Å². The zero-order valence-corrected chi connectivity index (χ0v) is 28.2. The van der Waals surface area contributed by atoms with Crippen molar-refractivity contribution < 1.29 is 13.8 Å². The maximum atomic E-state index is 6.48. The van der Waals surface area contributed by atoms with Crippen molar-refractivity contribution in [1.82, 2.24) is 10.3 Å². The van der Waals surface area contributed by atoms with Gasteiger partial charge in [0.15, 0.2) is 6.17 Å². The number of quaternary nitrogens is 1. The molecule has 5 unspecified atom stereocenters. The molecule has 2 aliphatic rings. The molecule has 51 heavy (non-hydrogen) atoms. The lowest BCUT2D eigenvalue weighted by molar-refractivity contribution is -0.869. The van der Waals surface area contributed by atoms with Gasteiger partial charge in [-0.2, -0.15) is 0 Å². The molecule has 10 aromatic rings. The number of furan rings is 2. The minimum absolute atomic E-state index is 0.0545. The number of thiophene rings is 1. The molecule has 7 aromatic carbocycles. The second kappa shape index (κ2) is 10.4. The van der Waals surface area contributed by atoms with Crippen molar-refractivity contribution in [3.8, 4) is 11.1 Å². The van der Waals surface area contributed by atoms with Gasteiger partial charge in [0, 0.05) is 64.0 Å². The molecule has 6 heteroatoms.